The smallest absolute Gasteiger partial charge is 0.257 e. The van der Waals surface area contributed by atoms with Crippen LogP contribution in [-0.4, -0.2) is 17.4 Å². The molecule has 0 saturated carbocycles. The molecule has 4 nitrogen and oxygen atoms in total. The van der Waals surface area contributed by atoms with Gasteiger partial charge in [0, 0.05) is 17.9 Å². The van der Waals surface area contributed by atoms with Crippen molar-refractivity contribution in [3.8, 4) is 0 Å². The van der Waals surface area contributed by atoms with Gasteiger partial charge < -0.3 is 9.73 Å². The summed E-state index contributed by atoms with van der Waals surface area (Å²) >= 11 is 1.54. The Morgan fingerprint density at radius 3 is 2.88 bits per heavy atom. The molecule has 0 aliphatic heterocycles. The number of oxazole rings is 1. The summed E-state index contributed by atoms with van der Waals surface area (Å²) in [7, 11) is 0. The number of nitrogens with one attached hydrogen (secondary N) is 1. The van der Waals surface area contributed by atoms with Crippen LogP contribution in [0.1, 0.15) is 41.3 Å². The molecule has 1 amide bonds. The molecule has 0 aliphatic carbocycles. The van der Waals surface area contributed by atoms with Gasteiger partial charge in [0.2, 0.25) is 0 Å². The van der Waals surface area contributed by atoms with Crippen molar-refractivity contribution in [3.63, 3.8) is 0 Å². The Bertz CT molecular complexity index is 873. The minimum absolute atomic E-state index is 0.0159. The summed E-state index contributed by atoms with van der Waals surface area (Å²) in [5, 5.41) is 3.60. The molecular formula is C20H22N2O2S. The van der Waals surface area contributed by atoms with Crippen LogP contribution in [0, 0.1) is 6.92 Å². The Morgan fingerprint density at radius 2 is 2.08 bits per heavy atom. The summed E-state index contributed by atoms with van der Waals surface area (Å²) < 4.78 is 5.79. The normalized spacial score (nSPS) is 11.0. The molecule has 25 heavy (non-hydrogen) atoms. The summed E-state index contributed by atoms with van der Waals surface area (Å²) in [5.41, 5.74) is 4.61. The van der Waals surface area contributed by atoms with E-state index >= 15 is 0 Å². The molecule has 0 spiro atoms. The Morgan fingerprint density at radius 1 is 1.24 bits per heavy atom. The maximum absolute atomic E-state index is 12.2. The lowest BCUT2D eigenvalue weighted by Gasteiger charge is -2.06. The molecule has 1 N–H and O–H groups in total. The Hall–Kier alpha value is -2.27. The van der Waals surface area contributed by atoms with Gasteiger partial charge in [-0.25, -0.2) is 4.98 Å². The third-order valence-corrected chi connectivity index (χ3v) is 4.87. The van der Waals surface area contributed by atoms with Crippen LogP contribution in [-0.2, 0) is 5.75 Å². The van der Waals surface area contributed by atoms with Crippen LogP contribution < -0.4 is 5.32 Å². The summed E-state index contributed by atoms with van der Waals surface area (Å²) in [5.74, 6) is 0.694. The fraction of sp³-hybridized carbons (Fsp3) is 0.300. The Labute approximate surface area is 152 Å². The van der Waals surface area contributed by atoms with E-state index in [0.717, 1.165) is 41.6 Å². The minimum atomic E-state index is -0.0159. The highest BCUT2D eigenvalue weighted by Gasteiger charge is 2.10. The number of amides is 1. The number of hydrogen-bond donors (Lipinski definition) is 1. The molecule has 0 bridgehead atoms. The van der Waals surface area contributed by atoms with Crippen LogP contribution in [0.5, 0.6) is 0 Å². The number of carbonyl (C=O) groups excluding carboxylic acids is 1. The van der Waals surface area contributed by atoms with E-state index in [4.69, 9.17) is 4.42 Å². The average molecular weight is 354 g/mol. The highest BCUT2D eigenvalue weighted by atomic mass is 32.2. The first kappa shape index (κ1) is 17.5. The standard InChI is InChI=1S/C20H22N2O2S/c1-3-4-11-21-19(23)16-9-6-8-15(12-16)13-25-20-22-18-14(2)7-5-10-17(18)24-20/h5-10,12H,3-4,11,13H2,1-2H3,(H,21,23). The van der Waals surface area contributed by atoms with E-state index in [2.05, 4.69) is 17.2 Å². The van der Waals surface area contributed by atoms with Crippen molar-refractivity contribution in [2.45, 2.75) is 37.7 Å². The van der Waals surface area contributed by atoms with Gasteiger partial charge in [0.25, 0.3) is 11.1 Å². The molecule has 0 saturated heterocycles. The van der Waals surface area contributed by atoms with Crippen LogP contribution >= 0.6 is 11.8 Å². The molecule has 1 aromatic heterocycles. The molecular weight excluding hydrogens is 332 g/mol. The highest BCUT2D eigenvalue weighted by Crippen LogP contribution is 2.27. The average Bonchev–Trinajstić information content (AvgIpc) is 3.05. The first-order valence-electron chi connectivity index (χ1n) is 8.53. The topological polar surface area (TPSA) is 55.1 Å². The molecule has 2 aromatic carbocycles. The third-order valence-electron chi connectivity index (χ3n) is 3.97. The lowest BCUT2D eigenvalue weighted by Crippen LogP contribution is -2.24. The number of rotatable bonds is 7. The zero-order chi connectivity index (χ0) is 17.6. The van der Waals surface area contributed by atoms with E-state index in [0.29, 0.717) is 16.5 Å². The fourth-order valence-corrected chi connectivity index (χ4v) is 3.33. The van der Waals surface area contributed by atoms with Crippen LogP contribution in [0.25, 0.3) is 11.1 Å². The quantitative estimate of drug-likeness (QED) is 0.481. The largest absolute Gasteiger partial charge is 0.431 e. The molecule has 130 valence electrons. The van der Waals surface area contributed by atoms with E-state index in [9.17, 15) is 4.79 Å². The monoisotopic (exact) mass is 354 g/mol. The molecule has 0 aliphatic rings. The second-order valence-corrected chi connectivity index (χ2v) is 6.93. The van der Waals surface area contributed by atoms with Crippen molar-refractivity contribution in [2.75, 3.05) is 6.54 Å². The second-order valence-electron chi connectivity index (χ2n) is 6.00. The third kappa shape index (κ3) is 4.42. The maximum Gasteiger partial charge on any atom is 0.257 e. The number of benzene rings is 2. The van der Waals surface area contributed by atoms with Crippen LogP contribution in [0.4, 0.5) is 0 Å². The number of aryl methyl sites for hydroxylation is 1. The summed E-state index contributed by atoms with van der Waals surface area (Å²) in [6.45, 7) is 4.86. The number of nitrogens with zero attached hydrogens (tertiary/aromatic N) is 1. The Balaban J connectivity index is 1.65. The van der Waals surface area contributed by atoms with Crippen molar-refractivity contribution in [3.05, 3.63) is 59.2 Å². The molecule has 5 heteroatoms. The maximum atomic E-state index is 12.2. The number of aromatic nitrogens is 1. The summed E-state index contributed by atoms with van der Waals surface area (Å²) in [6.07, 6.45) is 2.07. The van der Waals surface area contributed by atoms with E-state index in [1.807, 2.05) is 49.4 Å². The van der Waals surface area contributed by atoms with Gasteiger partial charge in [-0.3, -0.25) is 4.79 Å². The van der Waals surface area contributed by atoms with Gasteiger partial charge >= 0.3 is 0 Å². The van der Waals surface area contributed by atoms with Crippen LogP contribution in [0.3, 0.4) is 0 Å². The van der Waals surface area contributed by atoms with Gasteiger partial charge in [-0.05, 0) is 42.7 Å². The SMILES string of the molecule is CCCCNC(=O)c1cccc(CSc2nc3c(C)cccc3o2)c1. The van der Waals surface area contributed by atoms with Gasteiger partial charge in [-0.2, -0.15) is 0 Å². The number of fused-ring (bicyclic) bond motifs is 1. The zero-order valence-electron chi connectivity index (χ0n) is 14.5. The van der Waals surface area contributed by atoms with Gasteiger partial charge in [-0.15, -0.1) is 0 Å². The first-order chi connectivity index (χ1) is 12.2. The predicted molar refractivity (Wildman–Crippen MR) is 102 cm³/mol. The van der Waals surface area contributed by atoms with Gasteiger partial charge in [0.05, 0.1) is 0 Å². The van der Waals surface area contributed by atoms with Crippen LogP contribution in [0.15, 0.2) is 52.1 Å². The van der Waals surface area contributed by atoms with Crippen molar-refractivity contribution in [1.82, 2.24) is 10.3 Å². The van der Waals surface area contributed by atoms with Gasteiger partial charge in [-0.1, -0.05) is 49.4 Å². The number of thioether (sulfide) groups is 1. The molecule has 3 aromatic rings. The first-order valence-corrected chi connectivity index (χ1v) is 9.52. The van der Waals surface area contributed by atoms with Crippen LogP contribution in [0.2, 0.25) is 0 Å². The highest BCUT2D eigenvalue weighted by molar-refractivity contribution is 7.98. The lowest BCUT2D eigenvalue weighted by atomic mass is 10.1. The zero-order valence-corrected chi connectivity index (χ0v) is 15.4. The van der Waals surface area contributed by atoms with Gasteiger partial charge in [0.15, 0.2) is 5.58 Å². The number of para-hydroxylation sites is 1. The van der Waals surface area contributed by atoms with Gasteiger partial charge in [0.1, 0.15) is 5.52 Å². The van der Waals surface area contributed by atoms with Crippen molar-refractivity contribution < 1.29 is 9.21 Å². The second kappa shape index (κ2) is 8.21. The Kier molecular flexibility index (Phi) is 5.76. The van der Waals surface area contributed by atoms with Crippen molar-refractivity contribution >= 4 is 28.8 Å². The molecule has 0 radical (unpaired) electrons. The minimum Gasteiger partial charge on any atom is -0.431 e. The van der Waals surface area contributed by atoms with Crippen molar-refractivity contribution in [2.24, 2.45) is 0 Å². The number of unbranched alkanes of at least 4 members (excludes halogenated alkanes) is 1. The van der Waals surface area contributed by atoms with E-state index in [1.165, 1.54) is 0 Å². The predicted octanol–water partition coefficient (Wildman–Crippen LogP) is 4.96. The van der Waals surface area contributed by atoms with E-state index in [-0.39, 0.29) is 5.91 Å². The lowest BCUT2D eigenvalue weighted by molar-refractivity contribution is 0.0953. The molecule has 3 rings (SSSR count). The van der Waals surface area contributed by atoms with E-state index < -0.39 is 0 Å². The summed E-state index contributed by atoms with van der Waals surface area (Å²) in [6, 6.07) is 13.6. The molecule has 1 heterocycles. The number of hydrogen-bond acceptors (Lipinski definition) is 4. The molecule has 0 atom stereocenters. The molecule has 0 unspecified atom stereocenters. The van der Waals surface area contributed by atoms with E-state index in [1.54, 1.807) is 11.8 Å². The van der Waals surface area contributed by atoms with Crippen molar-refractivity contribution in [1.29, 1.82) is 0 Å². The molecule has 0 fully saturated rings. The fourth-order valence-electron chi connectivity index (χ4n) is 2.56. The summed E-state index contributed by atoms with van der Waals surface area (Å²) in [4.78, 5) is 16.7. The number of carbonyl (C=O) groups is 1.